The Labute approximate surface area is 145 Å². The first-order chi connectivity index (χ1) is 12.3. The predicted octanol–water partition coefficient (Wildman–Crippen LogP) is 2.12. The van der Waals surface area contributed by atoms with Gasteiger partial charge < -0.3 is 4.90 Å². The summed E-state index contributed by atoms with van der Waals surface area (Å²) in [6.45, 7) is 4.41. The average molecular weight is 338 g/mol. The van der Waals surface area contributed by atoms with Gasteiger partial charge in [-0.1, -0.05) is 23.4 Å². The van der Waals surface area contributed by atoms with Gasteiger partial charge in [-0.2, -0.15) is 4.39 Å². The monoisotopic (exact) mass is 338 g/mol. The van der Waals surface area contributed by atoms with Crippen molar-refractivity contribution < 1.29 is 4.39 Å². The summed E-state index contributed by atoms with van der Waals surface area (Å²) in [4.78, 5) is 8.31. The minimum absolute atomic E-state index is 0.441. The second-order valence-electron chi connectivity index (χ2n) is 6.09. The molecular weight excluding hydrogens is 319 g/mol. The molecule has 7 heteroatoms. The zero-order valence-electron chi connectivity index (χ0n) is 13.8. The van der Waals surface area contributed by atoms with Crippen LogP contribution in [0.25, 0.3) is 5.69 Å². The lowest BCUT2D eigenvalue weighted by Crippen LogP contribution is -2.46. The molecule has 2 aromatic heterocycles. The van der Waals surface area contributed by atoms with Crippen molar-refractivity contribution in [1.82, 2.24) is 24.9 Å². The summed E-state index contributed by atoms with van der Waals surface area (Å²) >= 11 is 0. The van der Waals surface area contributed by atoms with E-state index in [0.29, 0.717) is 0 Å². The first-order valence-electron chi connectivity index (χ1n) is 8.33. The Morgan fingerprint density at radius 2 is 1.72 bits per heavy atom. The van der Waals surface area contributed by atoms with Crippen molar-refractivity contribution in [3.8, 4) is 5.69 Å². The molecule has 0 aliphatic carbocycles. The van der Waals surface area contributed by atoms with Crippen LogP contribution in [0.5, 0.6) is 0 Å². The molecule has 0 amide bonds. The second kappa shape index (κ2) is 6.98. The Hall–Kier alpha value is -2.80. The van der Waals surface area contributed by atoms with Gasteiger partial charge in [0, 0.05) is 32.7 Å². The Morgan fingerprint density at radius 1 is 0.920 bits per heavy atom. The molecule has 0 bridgehead atoms. The molecular formula is C18H19FN6. The van der Waals surface area contributed by atoms with Crippen LogP contribution in [-0.2, 0) is 6.54 Å². The molecule has 6 nitrogen and oxygen atoms in total. The molecule has 1 aliphatic rings. The minimum atomic E-state index is -0.441. The zero-order chi connectivity index (χ0) is 17.1. The van der Waals surface area contributed by atoms with E-state index in [1.165, 1.54) is 6.07 Å². The number of para-hydroxylation sites is 1. The number of aromatic nitrogens is 4. The second-order valence-corrected chi connectivity index (χ2v) is 6.09. The van der Waals surface area contributed by atoms with Crippen LogP contribution in [0.2, 0.25) is 0 Å². The quantitative estimate of drug-likeness (QED) is 0.682. The fraction of sp³-hybridized carbons (Fsp3) is 0.278. The predicted molar refractivity (Wildman–Crippen MR) is 93.0 cm³/mol. The summed E-state index contributed by atoms with van der Waals surface area (Å²) in [5.41, 5.74) is 2.94. The van der Waals surface area contributed by atoms with E-state index in [2.05, 4.69) is 25.1 Å². The molecule has 128 valence electrons. The first kappa shape index (κ1) is 15.7. The normalized spacial score (nSPS) is 15.5. The number of pyridine rings is 1. The Morgan fingerprint density at radius 3 is 2.44 bits per heavy atom. The van der Waals surface area contributed by atoms with Crippen molar-refractivity contribution in [2.75, 3.05) is 31.1 Å². The average Bonchev–Trinajstić information content (AvgIpc) is 3.12. The molecule has 1 saturated heterocycles. The van der Waals surface area contributed by atoms with Gasteiger partial charge in [0.2, 0.25) is 5.95 Å². The number of hydrogen-bond acceptors (Lipinski definition) is 5. The summed E-state index contributed by atoms with van der Waals surface area (Å²) < 4.78 is 14.7. The van der Waals surface area contributed by atoms with Crippen LogP contribution in [0.3, 0.4) is 0 Å². The fourth-order valence-electron chi connectivity index (χ4n) is 3.03. The molecule has 1 aromatic carbocycles. The molecule has 0 saturated carbocycles. The maximum atomic E-state index is 12.9. The maximum Gasteiger partial charge on any atom is 0.212 e. The summed E-state index contributed by atoms with van der Waals surface area (Å²) in [7, 11) is 0. The topological polar surface area (TPSA) is 50.1 Å². The number of anilines is 1. The van der Waals surface area contributed by atoms with Crippen LogP contribution < -0.4 is 4.90 Å². The van der Waals surface area contributed by atoms with Gasteiger partial charge in [0.15, 0.2) is 0 Å². The van der Waals surface area contributed by atoms with E-state index in [1.54, 1.807) is 16.9 Å². The van der Waals surface area contributed by atoms with Crippen molar-refractivity contribution in [3.05, 3.63) is 66.5 Å². The highest BCUT2D eigenvalue weighted by Crippen LogP contribution is 2.16. The van der Waals surface area contributed by atoms with Crippen LogP contribution in [0.15, 0.2) is 54.9 Å². The zero-order valence-corrected chi connectivity index (χ0v) is 13.8. The third-order valence-corrected chi connectivity index (χ3v) is 4.40. The number of halogens is 1. The van der Waals surface area contributed by atoms with Crippen LogP contribution in [0.1, 0.15) is 5.69 Å². The molecule has 1 aliphatic heterocycles. The van der Waals surface area contributed by atoms with Crippen molar-refractivity contribution in [2.45, 2.75) is 6.54 Å². The van der Waals surface area contributed by atoms with Gasteiger partial charge in [-0.15, -0.1) is 5.10 Å². The van der Waals surface area contributed by atoms with Gasteiger partial charge >= 0.3 is 0 Å². The largest absolute Gasteiger partial charge is 0.368 e. The highest BCUT2D eigenvalue weighted by Gasteiger charge is 2.18. The molecule has 0 radical (unpaired) electrons. The van der Waals surface area contributed by atoms with Gasteiger partial charge in [0.25, 0.3) is 0 Å². The van der Waals surface area contributed by atoms with E-state index >= 15 is 0 Å². The van der Waals surface area contributed by atoms with E-state index in [4.69, 9.17) is 0 Å². The number of hydrogen-bond donors (Lipinski definition) is 0. The molecule has 0 N–H and O–H groups in total. The molecule has 4 rings (SSSR count). The molecule has 0 spiro atoms. The molecule has 3 aromatic rings. The number of benzene rings is 1. The van der Waals surface area contributed by atoms with E-state index in [9.17, 15) is 4.39 Å². The highest BCUT2D eigenvalue weighted by molar-refractivity contribution is 5.44. The Kier molecular flexibility index (Phi) is 4.39. The van der Waals surface area contributed by atoms with Gasteiger partial charge in [0.05, 0.1) is 29.5 Å². The smallest absolute Gasteiger partial charge is 0.212 e. The van der Waals surface area contributed by atoms with Gasteiger partial charge in [0.1, 0.15) is 0 Å². The van der Waals surface area contributed by atoms with Crippen LogP contribution in [0, 0.1) is 5.95 Å². The van der Waals surface area contributed by atoms with Crippen LogP contribution >= 0.6 is 0 Å². The molecule has 3 heterocycles. The lowest BCUT2D eigenvalue weighted by Gasteiger charge is -2.35. The molecule has 25 heavy (non-hydrogen) atoms. The van der Waals surface area contributed by atoms with E-state index in [1.807, 2.05) is 36.5 Å². The van der Waals surface area contributed by atoms with Crippen molar-refractivity contribution in [3.63, 3.8) is 0 Å². The SMILES string of the molecule is Fc1ccc(N2CCN(Cc3cn(-c4ccccc4)nn3)CC2)cn1. The van der Waals surface area contributed by atoms with Crippen molar-refractivity contribution in [2.24, 2.45) is 0 Å². The lowest BCUT2D eigenvalue weighted by molar-refractivity contribution is 0.247. The van der Waals surface area contributed by atoms with Crippen LogP contribution in [0.4, 0.5) is 10.1 Å². The Balaban J connectivity index is 1.34. The highest BCUT2D eigenvalue weighted by atomic mass is 19.1. The third-order valence-electron chi connectivity index (χ3n) is 4.40. The minimum Gasteiger partial charge on any atom is -0.368 e. The standard InChI is InChI=1S/C18H19FN6/c19-18-7-6-17(12-20-18)24-10-8-23(9-11-24)13-15-14-25(22-21-15)16-4-2-1-3-5-16/h1-7,12,14H,8-11,13H2. The number of piperazine rings is 1. The van der Waals surface area contributed by atoms with Gasteiger partial charge in [-0.3, -0.25) is 4.90 Å². The van der Waals surface area contributed by atoms with E-state index in [-0.39, 0.29) is 0 Å². The van der Waals surface area contributed by atoms with Crippen LogP contribution in [-0.4, -0.2) is 51.1 Å². The molecule has 0 unspecified atom stereocenters. The third kappa shape index (κ3) is 3.66. The first-order valence-corrected chi connectivity index (χ1v) is 8.33. The summed E-state index contributed by atoms with van der Waals surface area (Å²) in [5.74, 6) is -0.441. The fourth-order valence-corrected chi connectivity index (χ4v) is 3.03. The van der Waals surface area contributed by atoms with Crippen molar-refractivity contribution in [1.29, 1.82) is 0 Å². The maximum absolute atomic E-state index is 12.9. The molecule has 1 fully saturated rings. The lowest BCUT2D eigenvalue weighted by atomic mass is 10.2. The van der Waals surface area contributed by atoms with E-state index in [0.717, 1.165) is 49.8 Å². The summed E-state index contributed by atoms with van der Waals surface area (Å²) in [5, 5.41) is 8.49. The van der Waals surface area contributed by atoms with Gasteiger partial charge in [-0.25, -0.2) is 9.67 Å². The molecule has 0 atom stereocenters. The van der Waals surface area contributed by atoms with Crippen molar-refractivity contribution >= 4 is 5.69 Å². The van der Waals surface area contributed by atoms with Gasteiger partial charge in [-0.05, 0) is 24.3 Å². The van der Waals surface area contributed by atoms with E-state index < -0.39 is 5.95 Å². The summed E-state index contributed by atoms with van der Waals surface area (Å²) in [6.07, 6.45) is 3.57. The Bertz CT molecular complexity index is 809. The summed E-state index contributed by atoms with van der Waals surface area (Å²) in [6, 6.07) is 13.2. The number of rotatable bonds is 4. The number of nitrogens with zero attached hydrogens (tertiary/aromatic N) is 6.